The molecule has 4 rings (SSSR count). The van der Waals surface area contributed by atoms with Crippen LogP contribution in [0, 0.1) is 5.82 Å². The van der Waals surface area contributed by atoms with E-state index < -0.39 is 137 Å². The standard InChI is InChI=1S/C47H61FO18S/c1-22(49)57-20-34-37(59-24(3)51)39(60-25(4)52)41(62-27(6)54)44(64-34)66-38-35(21-58-23(2)50)65-45(42(63-28(7)55)40(38)61-26(5)53)67-43(30-16-14-15-17-33(30)48)29-18-31(46(8,9)10)36(56)32(19-29)47(11,12)13/h14-19,34-35,37-45,56H,20-21H2,1-13H3/t34?,35?,37-,38+,39?,40?,41?,42?,43-,44-,45-/m0/s1. The molecule has 0 bridgehead atoms. The second-order valence-corrected chi connectivity index (χ2v) is 19.4. The van der Waals surface area contributed by atoms with Crippen LogP contribution in [0.5, 0.6) is 5.75 Å². The molecule has 6 unspecified atom stereocenters. The zero-order valence-electron chi connectivity index (χ0n) is 39.9. The van der Waals surface area contributed by atoms with Gasteiger partial charge in [0.25, 0.3) is 0 Å². The van der Waals surface area contributed by atoms with Gasteiger partial charge in [-0.25, -0.2) is 4.39 Å². The summed E-state index contributed by atoms with van der Waals surface area (Å²) in [4.78, 5) is 88.3. The lowest BCUT2D eigenvalue weighted by molar-refractivity contribution is -0.341. The Hall–Kier alpha value is -5.31. The van der Waals surface area contributed by atoms with E-state index in [1.807, 2.05) is 41.5 Å². The van der Waals surface area contributed by atoms with Crippen LogP contribution in [0.1, 0.15) is 118 Å². The number of phenolic OH excluding ortho intramolecular Hbond substituents is 1. The number of halogens is 1. The Morgan fingerprint density at radius 2 is 1.01 bits per heavy atom. The summed E-state index contributed by atoms with van der Waals surface area (Å²) >= 11 is 0.966. The molecule has 67 heavy (non-hydrogen) atoms. The lowest BCUT2D eigenvalue weighted by Crippen LogP contribution is -2.66. The van der Waals surface area contributed by atoms with Crippen molar-refractivity contribution in [3.8, 4) is 5.75 Å². The molecule has 20 heteroatoms. The molecule has 0 radical (unpaired) electrons. The number of carbonyl (C=O) groups excluding carboxylic acids is 7. The lowest BCUT2D eigenvalue weighted by atomic mass is 9.78. The smallest absolute Gasteiger partial charge is 0.303 e. The first-order valence-electron chi connectivity index (χ1n) is 21.5. The first kappa shape index (κ1) is 54.3. The van der Waals surface area contributed by atoms with E-state index in [1.165, 1.54) is 12.1 Å². The molecule has 2 aromatic rings. The van der Waals surface area contributed by atoms with Gasteiger partial charge >= 0.3 is 41.8 Å². The molecule has 2 heterocycles. The fourth-order valence-electron chi connectivity index (χ4n) is 7.69. The van der Waals surface area contributed by atoms with Crippen LogP contribution in [0.2, 0.25) is 0 Å². The van der Waals surface area contributed by atoms with Crippen LogP contribution in [-0.4, -0.2) is 121 Å². The number of hydrogen-bond donors (Lipinski definition) is 1. The van der Waals surface area contributed by atoms with Crippen molar-refractivity contribution < 1.29 is 90.4 Å². The fourth-order valence-corrected chi connectivity index (χ4v) is 9.16. The van der Waals surface area contributed by atoms with Crippen molar-refractivity contribution in [3.05, 3.63) is 64.5 Å². The normalized spacial score (nSPS) is 25.7. The average Bonchev–Trinajstić information content (AvgIpc) is 3.18. The van der Waals surface area contributed by atoms with Gasteiger partial charge in [-0.15, -0.1) is 11.8 Å². The van der Waals surface area contributed by atoms with Gasteiger partial charge in [0.2, 0.25) is 0 Å². The summed E-state index contributed by atoms with van der Waals surface area (Å²) in [6.45, 7) is 17.8. The van der Waals surface area contributed by atoms with Crippen molar-refractivity contribution in [1.29, 1.82) is 0 Å². The predicted octanol–water partition coefficient (Wildman–Crippen LogP) is 5.57. The quantitative estimate of drug-likeness (QED) is 0.170. The molecule has 2 saturated heterocycles. The average molecular weight is 965 g/mol. The molecule has 2 aromatic carbocycles. The van der Waals surface area contributed by atoms with E-state index in [4.69, 9.17) is 47.4 Å². The topological polar surface area (TPSA) is 232 Å². The summed E-state index contributed by atoms with van der Waals surface area (Å²) in [6, 6.07) is 9.50. The molecule has 2 fully saturated rings. The van der Waals surface area contributed by atoms with Crippen LogP contribution in [0.15, 0.2) is 36.4 Å². The van der Waals surface area contributed by atoms with Crippen LogP contribution in [0.4, 0.5) is 4.39 Å². The van der Waals surface area contributed by atoms with Crippen molar-refractivity contribution in [2.45, 2.75) is 167 Å². The number of esters is 7. The SMILES string of the molecule is CC(=O)OCC1O[C@@H](S[C@@H](c2cc(C(C)(C)C)c(O)c(C(C)(C)C)c2)c2ccccc2F)C(OC(C)=O)C(OC(C)=O)[C@@H]1O[C@@H]1OC(COC(C)=O)[C@H](OC(C)=O)C(OC(C)=O)C1OC(C)=O. The van der Waals surface area contributed by atoms with Gasteiger partial charge in [-0.1, -0.05) is 71.9 Å². The van der Waals surface area contributed by atoms with E-state index in [-0.39, 0.29) is 11.3 Å². The highest BCUT2D eigenvalue weighted by Crippen LogP contribution is 2.49. The highest BCUT2D eigenvalue weighted by molar-refractivity contribution is 8.00. The third-order valence-corrected chi connectivity index (χ3v) is 11.8. The largest absolute Gasteiger partial charge is 0.507 e. The minimum absolute atomic E-state index is 0.0614. The molecule has 11 atom stereocenters. The molecule has 1 N–H and O–H groups in total. The Labute approximate surface area is 393 Å². The molecule has 0 aliphatic carbocycles. The lowest BCUT2D eigenvalue weighted by Gasteiger charge is -2.49. The Morgan fingerprint density at radius 3 is 1.46 bits per heavy atom. The molecule has 0 saturated carbocycles. The van der Waals surface area contributed by atoms with Crippen molar-refractivity contribution in [1.82, 2.24) is 0 Å². The maximum atomic E-state index is 16.2. The first-order valence-corrected chi connectivity index (χ1v) is 22.4. The zero-order chi connectivity index (χ0) is 50.3. The fraction of sp³-hybridized carbons (Fsp3) is 0.596. The van der Waals surface area contributed by atoms with Crippen molar-refractivity contribution in [2.24, 2.45) is 0 Å². The number of rotatable bonds is 15. The highest BCUT2D eigenvalue weighted by Gasteiger charge is 2.58. The molecule has 370 valence electrons. The summed E-state index contributed by atoms with van der Waals surface area (Å²) in [7, 11) is 0. The summed E-state index contributed by atoms with van der Waals surface area (Å²) < 4.78 is 74.7. The number of benzene rings is 2. The van der Waals surface area contributed by atoms with E-state index in [0.29, 0.717) is 16.7 Å². The number of carbonyl (C=O) groups is 7. The molecule has 0 amide bonds. The summed E-state index contributed by atoms with van der Waals surface area (Å²) in [6.07, 6.45) is -14.8. The van der Waals surface area contributed by atoms with Gasteiger partial charge in [0, 0.05) is 54.0 Å². The minimum Gasteiger partial charge on any atom is -0.507 e. The maximum Gasteiger partial charge on any atom is 0.303 e. The number of aromatic hydroxyl groups is 1. The first-order chi connectivity index (χ1) is 31.1. The zero-order valence-corrected chi connectivity index (χ0v) is 40.7. The highest BCUT2D eigenvalue weighted by atomic mass is 32.2. The molecular weight excluding hydrogens is 904 g/mol. The Kier molecular flexibility index (Phi) is 18.4. The van der Waals surface area contributed by atoms with Crippen LogP contribution in [0.25, 0.3) is 0 Å². The monoisotopic (exact) mass is 964 g/mol. The minimum atomic E-state index is -1.87. The van der Waals surface area contributed by atoms with Crippen LogP contribution in [-0.2, 0) is 91.8 Å². The number of hydrogen-bond acceptors (Lipinski definition) is 19. The van der Waals surface area contributed by atoms with Gasteiger partial charge in [0.05, 0.1) is 5.25 Å². The van der Waals surface area contributed by atoms with E-state index >= 15 is 4.39 Å². The van der Waals surface area contributed by atoms with Gasteiger partial charge in [0.1, 0.15) is 48.5 Å². The maximum absolute atomic E-state index is 16.2. The molecular formula is C47H61FO18S. The second-order valence-electron chi connectivity index (χ2n) is 18.2. The molecule has 0 aromatic heterocycles. The van der Waals surface area contributed by atoms with E-state index in [0.717, 1.165) is 60.2 Å². The molecule has 0 spiro atoms. The van der Waals surface area contributed by atoms with Gasteiger partial charge in [-0.05, 0) is 33.6 Å². The van der Waals surface area contributed by atoms with Gasteiger partial charge in [0.15, 0.2) is 36.8 Å². The number of ether oxygens (including phenoxy) is 10. The molecule has 18 nitrogen and oxygen atoms in total. The second kappa shape index (κ2) is 22.7. The van der Waals surface area contributed by atoms with Crippen molar-refractivity contribution in [3.63, 3.8) is 0 Å². The number of thioether (sulfide) groups is 1. The third kappa shape index (κ3) is 14.6. The summed E-state index contributed by atoms with van der Waals surface area (Å²) in [5.41, 5.74) is -0.811. The number of phenols is 1. The van der Waals surface area contributed by atoms with Gasteiger partial charge < -0.3 is 52.5 Å². The van der Waals surface area contributed by atoms with E-state index in [1.54, 1.807) is 24.3 Å². The van der Waals surface area contributed by atoms with Crippen molar-refractivity contribution in [2.75, 3.05) is 13.2 Å². The Bertz CT molecular complexity index is 2110. The van der Waals surface area contributed by atoms with Gasteiger partial charge in [-0.3, -0.25) is 33.6 Å². The Balaban J connectivity index is 1.98. The summed E-state index contributed by atoms with van der Waals surface area (Å²) in [5, 5.41) is 10.7. The van der Waals surface area contributed by atoms with Crippen molar-refractivity contribution >= 4 is 53.5 Å². The summed E-state index contributed by atoms with van der Waals surface area (Å²) in [5.74, 6) is -6.64. The molecule has 2 aliphatic heterocycles. The Morgan fingerprint density at radius 1 is 0.597 bits per heavy atom. The van der Waals surface area contributed by atoms with Crippen LogP contribution >= 0.6 is 11.8 Å². The third-order valence-electron chi connectivity index (χ3n) is 10.4. The van der Waals surface area contributed by atoms with Crippen LogP contribution < -0.4 is 0 Å². The van der Waals surface area contributed by atoms with E-state index in [2.05, 4.69) is 0 Å². The molecule has 2 aliphatic rings. The predicted molar refractivity (Wildman–Crippen MR) is 235 cm³/mol. The van der Waals surface area contributed by atoms with Gasteiger partial charge in [-0.2, -0.15) is 0 Å². The van der Waals surface area contributed by atoms with E-state index in [9.17, 15) is 38.7 Å². The van der Waals surface area contributed by atoms with Crippen LogP contribution in [0.3, 0.4) is 0 Å².